The van der Waals surface area contributed by atoms with Gasteiger partial charge in [0.25, 0.3) is 10.0 Å². The predicted octanol–water partition coefficient (Wildman–Crippen LogP) is 8.02. The van der Waals surface area contributed by atoms with Crippen LogP contribution in [-0.2, 0) is 26.1 Å². The number of halogens is 2. The smallest absolute Gasteiger partial charge is 0.262 e. The highest BCUT2D eigenvalue weighted by Gasteiger charge is 2.38. The molecule has 0 spiro atoms. The zero-order valence-corrected chi connectivity index (χ0v) is 28.5. The van der Waals surface area contributed by atoms with Crippen molar-refractivity contribution in [1.82, 2.24) is 15.0 Å². The van der Waals surface area contributed by atoms with Crippen LogP contribution in [0.25, 0.3) is 0 Å². The molecule has 0 radical (unpaired) electrons. The molecule has 0 saturated carbocycles. The molecule has 254 valence electrons. The van der Waals surface area contributed by atoms with E-state index in [1.54, 1.807) is 6.92 Å². The van der Waals surface area contributed by atoms with E-state index in [2.05, 4.69) is 19.7 Å². The minimum Gasteiger partial charge on any atom is -0.471 e. The number of sulfonamides is 1. The number of anilines is 1. The molecule has 2 aromatic heterocycles. The van der Waals surface area contributed by atoms with Crippen molar-refractivity contribution in [2.24, 2.45) is 0 Å². The number of ether oxygens (including phenoxy) is 2. The second kappa shape index (κ2) is 15.6. The Balaban J connectivity index is 1.32. The van der Waals surface area contributed by atoms with Crippen LogP contribution in [0.1, 0.15) is 29.2 Å². The van der Waals surface area contributed by atoms with Gasteiger partial charge in [0.1, 0.15) is 17.4 Å². The molecule has 0 aliphatic heterocycles. The molecule has 0 aliphatic carbocycles. The molecule has 0 bridgehead atoms. The van der Waals surface area contributed by atoms with Crippen LogP contribution in [0.2, 0.25) is 0 Å². The summed E-state index contributed by atoms with van der Waals surface area (Å²) in [7, 11) is -4.07. The Bertz CT molecular complexity index is 2030. The molecule has 0 fully saturated rings. The van der Waals surface area contributed by atoms with Crippen LogP contribution in [0.5, 0.6) is 5.88 Å². The maximum Gasteiger partial charge on any atom is 0.262 e. The van der Waals surface area contributed by atoms with E-state index < -0.39 is 33.4 Å². The molecule has 12 heteroatoms. The largest absolute Gasteiger partial charge is 0.471 e. The monoisotopic (exact) mass is 710 g/mol. The standard InChI is InChI=1S/C38H32F2N4O4S2/c1-27(25-47-38(29-13-5-2-6-14-29,30-15-7-3-8-16-30)31-17-9-4-10-18-31)48-36-34(44-50(45,46)32-20-22-41-23-21-32)24-42-37(43-36)49-26-28-12-11-19-33(39)35(28)40/h2-24,27,44H,25-26H2,1H3/t27-/m1/s1. The summed E-state index contributed by atoms with van der Waals surface area (Å²) in [6.45, 7) is 1.83. The fraction of sp³-hybridized carbons (Fsp3) is 0.132. The average molecular weight is 711 g/mol. The number of nitrogens with one attached hydrogen (secondary N) is 1. The van der Waals surface area contributed by atoms with Crippen molar-refractivity contribution in [1.29, 1.82) is 0 Å². The van der Waals surface area contributed by atoms with Gasteiger partial charge < -0.3 is 9.47 Å². The van der Waals surface area contributed by atoms with Gasteiger partial charge in [-0.15, -0.1) is 0 Å². The summed E-state index contributed by atoms with van der Waals surface area (Å²) in [5.41, 5.74) is 1.80. The summed E-state index contributed by atoms with van der Waals surface area (Å²) < 4.78 is 70.5. The Morgan fingerprint density at radius 2 is 1.38 bits per heavy atom. The Hall–Kier alpha value is -5.17. The van der Waals surface area contributed by atoms with Crippen molar-refractivity contribution in [3.05, 3.63) is 174 Å². The van der Waals surface area contributed by atoms with Gasteiger partial charge in [0, 0.05) is 23.7 Å². The van der Waals surface area contributed by atoms with Gasteiger partial charge in [-0.05, 0) is 41.8 Å². The van der Waals surface area contributed by atoms with Gasteiger partial charge in [-0.3, -0.25) is 9.71 Å². The summed E-state index contributed by atoms with van der Waals surface area (Å²) in [6.07, 6.45) is 3.35. The lowest BCUT2D eigenvalue weighted by Crippen LogP contribution is -2.36. The maximum absolute atomic E-state index is 14.4. The Kier molecular flexibility index (Phi) is 10.8. The number of hydrogen-bond donors (Lipinski definition) is 1. The highest BCUT2D eigenvalue weighted by Crippen LogP contribution is 2.41. The molecule has 0 saturated heterocycles. The van der Waals surface area contributed by atoms with Crippen molar-refractivity contribution in [3.63, 3.8) is 0 Å². The molecule has 1 atom stereocenters. The average Bonchev–Trinajstić information content (AvgIpc) is 3.15. The van der Waals surface area contributed by atoms with Crippen molar-refractivity contribution in [2.75, 3.05) is 11.3 Å². The number of nitrogens with zero attached hydrogens (tertiary/aromatic N) is 3. The van der Waals surface area contributed by atoms with E-state index in [9.17, 15) is 17.2 Å². The lowest BCUT2D eigenvalue weighted by Gasteiger charge is -2.36. The van der Waals surface area contributed by atoms with E-state index in [1.165, 1.54) is 42.9 Å². The zero-order valence-electron chi connectivity index (χ0n) is 26.8. The van der Waals surface area contributed by atoms with Crippen molar-refractivity contribution >= 4 is 27.5 Å². The number of rotatable bonds is 14. The van der Waals surface area contributed by atoms with Gasteiger partial charge >= 0.3 is 0 Å². The van der Waals surface area contributed by atoms with Crippen LogP contribution in [0.4, 0.5) is 14.5 Å². The Labute approximate surface area is 293 Å². The van der Waals surface area contributed by atoms with Crippen LogP contribution in [0, 0.1) is 11.6 Å². The SMILES string of the molecule is C[C@H](COC(c1ccccc1)(c1ccccc1)c1ccccc1)Oc1nc(SCc2cccc(F)c2F)ncc1NS(=O)(=O)c1ccncc1. The molecule has 0 aliphatic rings. The fourth-order valence-electron chi connectivity index (χ4n) is 5.34. The first-order valence-corrected chi connectivity index (χ1v) is 18.1. The molecule has 1 N–H and O–H groups in total. The molecular weight excluding hydrogens is 679 g/mol. The molecule has 8 nitrogen and oxygen atoms in total. The molecule has 0 unspecified atom stereocenters. The lowest BCUT2D eigenvalue weighted by molar-refractivity contribution is -0.0265. The first-order valence-electron chi connectivity index (χ1n) is 15.6. The summed E-state index contributed by atoms with van der Waals surface area (Å²) >= 11 is 1.04. The van der Waals surface area contributed by atoms with Crippen molar-refractivity contribution in [2.45, 2.75) is 34.4 Å². The Morgan fingerprint density at radius 1 is 0.800 bits per heavy atom. The van der Waals surface area contributed by atoms with E-state index >= 15 is 0 Å². The highest BCUT2D eigenvalue weighted by atomic mass is 32.2. The number of thioether (sulfide) groups is 1. The second-order valence-electron chi connectivity index (χ2n) is 11.2. The third kappa shape index (κ3) is 7.83. The molecule has 6 aromatic rings. The highest BCUT2D eigenvalue weighted by molar-refractivity contribution is 7.98. The molecule has 6 rings (SSSR count). The van der Waals surface area contributed by atoms with Gasteiger partial charge in [0.2, 0.25) is 5.88 Å². The fourth-order valence-corrected chi connectivity index (χ4v) is 7.15. The van der Waals surface area contributed by atoms with Gasteiger partial charge in [-0.2, -0.15) is 4.98 Å². The minimum atomic E-state index is -4.07. The minimum absolute atomic E-state index is 0.0182. The predicted molar refractivity (Wildman–Crippen MR) is 188 cm³/mol. The molecular formula is C38H32F2N4O4S2. The zero-order chi connectivity index (χ0) is 35.0. The summed E-state index contributed by atoms with van der Waals surface area (Å²) in [5.74, 6) is -1.96. The van der Waals surface area contributed by atoms with Gasteiger partial charge in [-0.1, -0.05) is 115 Å². The van der Waals surface area contributed by atoms with Crippen molar-refractivity contribution < 1.29 is 26.7 Å². The quantitative estimate of drug-likeness (QED) is 0.0689. The summed E-state index contributed by atoms with van der Waals surface area (Å²) in [4.78, 5) is 12.6. The molecule has 2 heterocycles. The van der Waals surface area contributed by atoms with Crippen LogP contribution in [0.15, 0.2) is 150 Å². The second-order valence-corrected chi connectivity index (χ2v) is 13.8. The van der Waals surface area contributed by atoms with Gasteiger partial charge in [0.15, 0.2) is 16.8 Å². The third-order valence-electron chi connectivity index (χ3n) is 7.71. The van der Waals surface area contributed by atoms with Crippen LogP contribution in [-0.4, -0.2) is 36.1 Å². The normalized spacial score (nSPS) is 12.3. The van der Waals surface area contributed by atoms with Crippen LogP contribution < -0.4 is 9.46 Å². The van der Waals surface area contributed by atoms with E-state index in [-0.39, 0.29) is 39.5 Å². The van der Waals surface area contributed by atoms with E-state index in [0.29, 0.717) is 0 Å². The van der Waals surface area contributed by atoms with Crippen molar-refractivity contribution in [3.8, 4) is 5.88 Å². The maximum atomic E-state index is 14.4. The van der Waals surface area contributed by atoms with E-state index in [1.807, 2.05) is 91.0 Å². The number of aromatic nitrogens is 3. The van der Waals surface area contributed by atoms with E-state index in [0.717, 1.165) is 34.5 Å². The molecule has 4 aromatic carbocycles. The molecule has 50 heavy (non-hydrogen) atoms. The summed E-state index contributed by atoms with van der Waals surface area (Å²) in [6, 6.07) is 36.2. The first-order chi connectivity index (χ1) is 24.3. The first kappa shape index (κ1) is 34.7. The number of hydrogen-bond acceptors (Lipinski definition) is 8. The topological polar surface area (TPSA) is 103 Å². The number of pyridine rings is 1. The number of benzene rings is 4. The third-order valence-corrected chi connectivity index (χ3v) is 10.0. The summed E-state index contributed by atoms with van der Waals surface area (Å²) in [5, 5.41) is 0.163. The molecule has 0 amide bonds. The van der Waals surface area contributed by atoms with Crippen LogP contribution >= 0.6 is 11.8 Å². The lowest BCUT2D eigenvalue weighted by atomic mass is 9.80. The van der Waals surface area contributed by atoms with Crippen LogP contribution in [0.3, 0.4) is 0 Å². The van der Waals surface area contributed by atoms with Gasteiger partial charge in [0.05, 0.1) is 17.7 Å². The van der Waals surface area contributed by atoms with Gasteiger partial charge in [-0.25, -0.2) is 22.2 Å². The Morgan fingerprint density at radius 3 is 1.96 bits per heavy atom. The van der Waals surface area contributed by atoms with E-state index in [4.69, 9.17) is 9.47 Å².